The van der Waals surface area contributed by atoms with E-state index in [2.05, 4.69) is 21.2 Å². The Morgan fingerprint density at radius 1 is 1.25 bits per heavy atom. The van der Waals surface area contributed by atoms with Gasteiger partial charge in [0, 0.05) is 21.8 Å². The lowest BCUT2D eigenvalue weighted by molar-refractivity contribution is -0.116. The molecule has 3 N–H and O–H groups in total. The van der Waals surface area contributed by atoms with Crippen molar-refractivity contribution in [3.63, 3.8) is 0 Å². The highest BCUT2D eigenvalue weighted by molar-refractivity contribution is 9.10. The van der Waals surface area contributed by atoms with Crippen LogP contribution in [0.2, 0.25) is 5.02 Å². The molecule has 1 unspecified atom stereocenters. The maximum absolute atomic E-state index is 11.5. The van der Waals surface area contributed by atoms with E-state index in [1.165, 1.54) is 0 Å². The van der Waals surface area contributed by atoms with Crippen molar-refractivity contribution in [2.75, 3.05) is 5.32 Å². The van der Waals surface area contributed by atoms with Crippen LogP contribution in [0.15, 0.2) is 40.9 Å². The van der Waals surface area contributed by atoms with E-state index in [4.69, 9.17) is 22.1 Å². The largest absolute Gasteiger partial charge is 0.456 e. The summed E-state index contributed by atoms with van der Waals surface area (Å²) in [6, 6.07) is 10.0. The fraction of sp³-hybridized carbons (Fsp3) is 0.0714. The summed E-state index contributed by atoms with van der Waals surface area (Å²) in [5.41, 5.74) is 7.08. The molecule has 0 saturated heterocycles. The molecule has 1 aliphatic heterocycles. The number of rotatable bonds is 2. The molecule has 0 radical (unpaired) electrons. The first-order chi connectivity index (χ1) is 9.54. The van der Waals surface area contributed by atoms with Crippen LogP contribution in [0.3, 0.4) is 0 Å². The summed E-state index contributed by atoms with van der Waals surface area (Å²) in [6.45, 7) is 0. The molecule has 102 valence electrons. The van der Waals surface area contributed by atoms with Crippen LogP contribution >= 0.6 is 27.5 Å². The predicted molar refractivity (Wildman–Crippen MR) is 81.2 cm³/mol. The number of carbonyl (C=O) groups is 1. The first-order valence-corrected chi connectivity index (χ1v) is 7.05. The molecular formula is C14H10BrClN2O2. The maximum Gasteiger partial charge on any atom is 0.245 e. The van der Waals surface area contributed by atoms with Crippen LogP contribution in [0, 0.1) is 0 Å². The van der Waals surface area contributed by atoms with Crippen molar-refractivity contribution < 1.29 is 9.53 Å². The number of carbonyl (C=O) groups excluding carboxylic acids is 1. The van der Waals surface area contributed by atoms with Gasteiger partial charge in [-0.1, -0.05) is 27.5 Å². The van der Waals surface area contributed by atoms with Crippen LogP contribution < -0.4 is 15.8 Å². The van der Waals surface area contributed by atoms with E-state index in [1.807, 2.05) is 24.3 Å². The smallest absolute Gasteiger partial charge is 0.245 e. The molecule has 0 fully saturated rings. The third-order valence-electron chi connectivity index (χ3n) is 3.02. The van der Waals surface area contributed by atoms with Crippen LogP contribution in [0.4, 0.5) is 5.69 Å². The monoisotopic (exact) mass is 352 g/mol. The van der Waals surface area contributed by atoms with Crippen molar-refractivity contribution >= 4 is 39.1 Å². The van der Waals surface area contributed by atoms with Crippen LogP contribution in [0.25, 0.3) is 0 Å². The zero-order valence-electron chi connectivity index (χ0n) is 10.2. The summed E-state index contributed by atoms with van der Waals surface area (Å²) in [4.78, 5) is 11.5. The standard InChI is InChI=1S/C14H10BrClN2O2/c15-7-1-3-8(4-2-7)20-12-6-11-9(5-10(12)16)13(17)14(19)18-11/h1-6,13H,17H2,(H,18,19). The van der Waals surface area contributed by atoms with Gasteiger partial charge in [0.25, 0.3) is 0 Å². The molecule has 0 spiro atoms. The zero-order chi connectivity index (χ0) is 14.3. The van der Waals surface area contributed by atoms with Crippen LogP contribution in [0.1, 0.15) is 11.6 Å². The van der Waals surface area contributed by atoms with Crippen LogP contribution in [0.5, 0.6) is 11.5 Å². The number of fused-ring (bicyclic) bond motifs is 1. The average Bonchev–Trinajstić information content (AvgIpc) is 2.69. The van der Waals surface area contributed by atoms with Gasteiger partial charge < -0.3 is 15.8 Å². The summed E-state index contributed by atoms with van der Waals surface area (Å²) in [6.07, 6.45) is 0. The van der Waals surface area contributed by atoms with E-state index in [1.54, 1.807) is 12.1 Å². The maximum atomic E-state index is 11.5. The number of halogens is 2. The van der Waals surface area contributed by atoms with Crippen molar-refractivity contribution in [1.82, 2.24) is 0 Å². The van der Waals surface area contributed by atoms with Gasteiger partial charge in [-0.25, -0.2) is 0 Å². The summed E-state index contributed by atoms with van der Waals surface area (Å²) in [5.74, 6) is 0.891. The van der Waals surface area contributed by atoms with Gasteiger partial charge in [-0.05, 0) is 30.3 Å². The summed E-state index contributed by atoms with van der Waals surface area (Å²) in [5, 5.41) is 3.11. The highest BCUT2D eigenvalue weighted by Gasteiger charge is 2.28. The molecule has 0 bridgehead atoms. The molecule has 6 heteroatoms. The fourth-order valence-electron chi connectivity index (χ4n) is 1.99. The van der Waals surface area contributed by atoms with E-state index in [-0.39, 0.29) is 5.91 Å². The molecule has 1 atom stereocenters. The Hall–Kier alpha value is -1.56. The lowest BCUT2D eigenvalue weighted by Gasteiger charge is -2.10. The van der Waals surface area contributed by atoms with E-state index in [9.17, 15) is 4.79 Å². The molecule has 2 aromatic carbocycles. The van der Waals surface area contributed by atoms with Gasteiger partial charge in [-0.3, -0.25) is 4.79 Å². The first kappa shape index (κ1) is 13.4. The second-order valence-corrected chi connectivity index (χ2v) is 5.72. The van der Waals surface area contributed by atoms with E-state index >= 15 is 0 Å². The Morgan fingerprint density at radius 3 is 2.65 bits per heavy atom. The van der Waals surface area contributed by atoms with Gasteiger partial charge in [-0.2, -0.15) is 0 Å². The second-order valence-electron chi connectivity index (χ2n) is 4.39. The van der Waals surface area contributed by atoms with Crippen molar-refractivity contribution in [2.45, 2.75) is 6.04 Å². The molecule has 2 aromatic rings. The van der Waals surface area contributed by atoms with Crippen molar-refractivity contribution in [1.29, 1.82) is 0 Å². The van der Waals surface area contributed by atoms with E-state index in [0.717, 1.165) is 4.47 Å². The topological polar surface area (TPSA) is 64.4 Å². The Bertz CT molecular complexity index is 688. The molecule has 0 aliphatic carbocycles. The number of ether oxygens (including phenoxy) is 1. The fourth-order valence-corrected chi connectivity index (χ4v) is 2.47. The molecular weight excluding hydrogens is 344 g/mol. The van der Waals surface area contributed by atoms with Crippen LogP contribution in [-0.2, 0) is 4.79 Å². The molecule has 0 aromatic heterocycles. The number of amides is 1. The van der Waals surface area contributed by atoms with Gasteiger partial charge in [0.2, 0.25) is 5.91 Å². The zero-order valence-corrected chi connectivity index (χ0v) is 12.5. The van der Waals surface area contributed by atoms with Gasteiger partial charge in [-0.15, -0.1) is 0 Å². The minimum Gasteiger partial charge on any atom is -0.456 e. The Morgan fingerprint density at radius 2 is 1.95 bits per heavy atom. The number of nitrogens with one attached hydrogen (secondary N) is 1. The molecule has 20 heavy (non-hydrogen) atoms. The minimum absolute atomic E-state index is 0.239. The van der Waals surface area contributed by atoms with Gasteiger partial charge >= 0.3 is 0 Å². The lowest BCUT2D eigenvalue weighted by Crippen LogP contribution is -2.19. The highest BCUT2D eigenvalue weighted by atomic mass is 79.9. The normalized spacial score (nSPS) is 16.8. The van der Waals surface area contributed by atoms with E-state index in [0.29, 0.717) is 27.8 Å². The first-order valence-electron chi connectivity index (χ1n) is 5.88. The minimum atomic E-state index is -0.677. The number of nitrogens with two attached hydrogens (primary N) is 1. The molecule has 0 saturated carbocycles. The van der Waals surface area contributed by atoms with Crippen molar-refractivity contribution in [3.05, 3.63) is 51.5 Å². The Labute approximate surface area is 129 Å². The molecule has 1 amide bonds. The third-order valence-corrected chi connectivity index (χ3v) is 3.84. The van der Waals surface area contributed by atoms with Gasteiger partial charge in [0.15, 0.2) is 0 Å². The van der Waals surface area contributed by atoms with Crippen molar-refractivity contribution in [3.8, 4) is 11.5 Å². The average molecular weight is 354 g/mol. The Balaban J connectivity index is 1.94. The molecule has 1 heterocycles. The summed E-state index contributed by atoms with van der Waals surface area (Å²) in [7, 11) is 0. The SMILES string of the molecule is NC1C(=O)Nc2cc(Oc3ccc(Br)cc3)c(Cl)cc21. The molecule has 4 nitrogen and oxygen atoms in total. The van der Waals surface area contributed by atoms with Crippen LogP contribution in [-0.4, -0.2) is 5.91 Å². The number of anilines is 1. The third kappa shape index (κ3) is 2.40. The molecule has 3 rings (SSSR count). The quantitative estimate of drug-likeness (QED) is 0.862. The van der Waals surface area contributed by atoms with Crippen molar-refractivity contribution in [2.24, 2.45) is 5.73 Å². The van der Waals surface area contributed by atoms with Gasteiger partial charge in [0.1, 0.15) is 17.5 Å². The molecule has 1 aliphatic rings. The lowest BCUT2D eigenvalue weighted by atomic mass is 10.1. The number of benzene rings is 2. The summed E-state index contributed by atoms with van der Waals surface area (Å²) < 4.78 is 6.68. The predicted octanol–water partition coefficient (Wildman–Crippen LogP) is 3.85. The Kier molecular flexibility index (Phi) is 3.41. The van der Waals surface area contributed by atoms with E-state index < -0.39 is 6.04 Å². The summed E-state index contributed by atoms with van der Waals surface area (Å²) >= 11 is 9.53. The number of hydrogen-bond acceptors (Lipinski definition) is 3. The van der Waals surface area contributed by atoms with Gasteiger partial charge in [0.05, 0.1) is 5.02 Å². The highest BCUT2D eigenvalue weighted by Crippen LogP contribution is 2.39. The second kappa shape index (κ2) is 5.09. The number of hydrogen-bond donors (Lipinski definition) is 2.